The summed E-state index contributed by atoms with van der Waals surface area (Å²) in [6, 6.07) is 13.1. The van der Waals surface area contributed by atoms with Crippen LogP contribution in [0.5, 0.6) is 0 Å². The highest BCUT2D eigenvalue weighted by Gasteiger charge is 2.66. The lowest BCUT2D eigenvalue weighted by Gasteiger charge is -2.15. The summed E-state index contributed by atoms with van der Waals surface area (Å²) >= 11 is 0.877. The van der Waals surface area contributed by atoms with Gasteiger partial charge in [0.15, 0.2) is 0 Å². The van der Waals surface area contributed by atoms with Crippen LogP contribution in [0.3, 0.4) is 0 Å². The Kier molecular flexibility index (Phi) is 6.91. The third kappa shape index (κ3) is 5.12. The number of nitrogens with one attached hydrogen (secondary N) is 2. The highest BCUT2D eigenvalue weighted by molar-refractivity contribution is 7.15. The van der Waals surface area contributed by atoms with E-state index in [0.29, 0.717) is 39.5 Å². The molecule has 0 spiro atoms. The predicted molar refractivity (Wildman–Crippen MR) is 157 cm³/mol. The van der Waals surface area contributed by atoms with Crippen LogP contribution in [-0.4, -0.2) is 49.1 Å². The van der Waals surface area contributed by atoms with E-state index in [9.17, 15) is 22.4 Å². The molecule has 2 aliphatic rings. The quantitative estimate of drug-likeness (QED) is 0.203. The molecular weight excluding hydrogens is 612 g/mol. The molecule has 1 atom stereocenters. The van der Waals surface area contributed by atoms with Crippen LogP contribution in [0.15, 0.2) is 70.3 Å². The number of halogens is 4. The molecule has 228 valence electrons. The number of aliphatic imine (C=N–C) groups is 1. The van der Waals surface area contributed by atoms with Gasteiger partial charge in [-0.25, -0.2) is 24.3 Å². The molecule has 0 unspecified atom stereocenters. The van der Waals surface area contributed by atoms with E-state index in [4.69, 9.17) is 4.42 Å². The van der Waals surface area contributed by atoms with Gasteiger partial charge in [-0.3, -0.25) is 4.79 Å². The van der Waals surface area contributed by atoms with Crippen molar-refractivity contribution in [2.24, 2.45) is 4.99 Å². The Balaban J connectivity index is 1.26. The van der Waals surface area contributed by atoms with Gasteiger partial charge >= 0.3 is 12.2 Å². The van der Waals surface area contributed by atoms with Gasteiger partial charge in [-0.1, -0.05) is 54.5 Å². The zero-order valence-corrected chi connectivity index (χ0v) is 24.2. The summed E-state index contributed by atoms with van der Waals surface area (Å²) in [5.74, 6) is -0.941. The lowest BCUT2D eigenvalue weighted by molar-refractivity contribution is -0.160. The Morgan fingerprint density at radius 3 is 2.49 bits per heavy atom. The summed E-state index contributed by atoms with van der Waals surface area (Å²) in [6.07, 6.45) is -2.36. The van der Waals surface area contributed by atoms with Gasteiger partial charge in [-0.2, -0.15) is 13.2 Å². The van der Waals surface area contributed by atoms with E-state index in [1.807, 2.05) is 13.0 Å². The predicted octanol–water partition coefficient (Wildman–Crippen LogP) is 6.17. The summed E-state index contributed by atoms with van der Waals surface area (Å²) < 4.78 is 62.8. The van der Waals surface area contributed by atoms with Gasteiger partial charge in [0.05, 0.1) is 16.3 Å². The van der Waals surface area contributed by atoms with Crippen molar-refractivity contribution in [3.05, 3.63) is 88.7 Å². The summed E-state index contributed by atoms with van der Waals surface area (Å²) in [5, 5.41) is 13.2. The van der Waals surface area contributed by atoms with Gasteiger partial charge in [-0.05, 0) is 18.9 Å². The normalized spacial score (nSPS) is 17.2. The maximum Gasteiger partial charge on any atom is 0.400 e. The minimum absolute atomic E-state index is 0.0322. The standard InChI is InChI=1S/C30H22F4N8O2S/c1-2-19-35-13-16(14-36-19)23-22(39-27(45-23)29(11-12-29)30(32,33)34)26-41-42-28(44-26)40-24-25(43)38-21-17(9-6-10-18(21)31)20(37-24)15-7-4-3-5-8-15/h3-10,13-14,24H,2,11-12H2,1H3,(H,38,43)(H,40,42)/t24-/m1/s1. The average molecular weight is 635 g/mol. The number of thiazole rings is 1. The van der Waals surface area contributed by atoms with Crippen molar-refractivity contribution in [1.82, 2.24) is 25.1 Å². The van der Waals surface area contributed by atoms with Gasteiger partial charge in [0, 0.05) is 35.5 Å². The number of aromatic nitrogens is 5. The van der Waals surface area contributed by atoms with Crippen LogP contribution >= 0.6 is 11.3 Å². The number of alkyl halides is 3. The van der Waals surface area contributed by atoms with E-state index < -0.39 is 29.5 Å². The number of hydrogen-bond donors (Lipinski definition) is 2. The van der Waals surface area contributed by atoms with Crippen LogP contribution in [0.1, 0.15) is 41.7 Å². The molecule has 0 saturated heterocycles. The van der Waals surface area contributed by atoms with Crippen LogP contribution in [0.2, 0.25) is 0 Å². The molecule has 7 rings (SSSR count). The molecule has 1 fully saturated rings. The van der Waals surface area contributed by atoms with Crippen molar-refractivity contribution in [3.63, 3.8) is 0 Å². The van der Waals surface area contributed by atoms with Crippen molar-refractivity contribution < 1.29 is 26.8 Å². The molecule has 3 aromatic heterocycles. The number of hydrogen-bond acceptors (Lipinski definition) is 10. The average Bonchev–Trinajstić information content (AvgIpc) is 3.59. The number of carbonyl (C=O) groups excluding carboxylic acids is 1. The van der Waals surface area contributed by atoms with Crippen molar-refractivity contribution in [1.29, 1.82) is 0 Å². The van der Waals surface area contributed by atoms with E-state index >= 15 is 0 Å². The number of anilines is 2. The maximum absolute atomic E-state index is 14.8. The second kappa shape index (κ2) is 10.8. The molecule has 1 aliphatic carbocycles. The van der Waals surface area contributed by atoms with Gasteiger partial charge in [0.25, 0.3) is 11.8 Å². The fraction of sp³-hybridized carbons (Fsp3) is 0.233. The van der Waals surface area contributed by atoms with Gasteiger partial charge in [0.1, 0.15) is 27.8 Å². The third-order valence-corrected chi connectivity index (χ3v) is 8.88. The number of carbonyl (C=O) groups is 1. The third-order valence-electron chi connectivity index (χ3n) is 7.57. The van der Waals surface area contributed by atoms with Crippen LogP contribution in [0.25, 0.3) is 22.0 Å². The Morgan fingerprint density at radius 2 is 1.80 bits per heavy atom. The lowest BCUT2D eigenvalue weighted by atomic mass is 10.0. The van der Waals surface area contributed by atoms with Gasteiger partial charge < -0.3 is 15.1 Å². The molecule has 1 saturated carbocycles. The topological polar surface area (TPSA) is 131 Å². The number of rotatable bonds is 7. The molecule has 1 aliphatic heterocycles. The first-order valence-corrected chi connectivity index (χ1v) is 14.7. The largest absolute Gasteiger partial charge is 0.402 e. The number of aryl methyl sites for hydroxylation is 1. The minimum Gasteiger partial charge on any atom is -0.402 e. The van der Waals surface area contributed by atoms with Gasteiger partial charge in [-0.15, -0.1) is 16.4 Å². The van der Waals surface area contributed by atoms with E-state index in [1.54, 1.807) is 30.3 Å². The summed E-state index contributed by atoms with van der Waals surface area (Å²) in [7, 11) is 0. The molecule has 45 heavy (non-hydrogen) atoms. The molecule has 0 radical (unpaired) electrons. The first-order valence-electron chi connectivity index (χ1n) is 13.9. The SMILES string of the molecule is CCc1ncc(-c2sc(C3(C(F)(F)F)CC3)nc2-c2nnc(N[C@H]3N=C(c4ccccc4)c4cccc(F)c4NC3=O)o2)cn1. The lowest BCUT2D eigenvalue weighted by Crippen LogP contribution is -2.32. The Hall–Kier alpha value is -5.05. The number of nitrogens with zero attached hydrogens (tertiary/aromatic N) is 6. The Bertz CT molecular complexity index is 1940. The smallest absolute Gasteiger partial charge is 0.400 e. The van der Waals surface area contributed by atoms with Crippen LogP contribution in [0.4, 0.5) is 29.3 Å². The second-order valence-corrected chi connectivity index (χ2v) is 11.5. The number of benzodiazepines with no additional fused rings is 1. The highest BCUT2D eigenvalue weighted by Crippen LogP contribution is 2.61. The molecular formula is C30H22F4N8O2S. The fourth-order valence-corrected chi connectivity index (χ4v) is 6.28. The Labute approximate surface area is 256 Å². The Morgan fingerprint density at radius 1 is 1.04 bits per heavy atom. The minimum atomic E-state index is -4.48. The molecule has 1 amide bonds. The first-order chi connectivity index (χ1) is 21.7. The van der Waals surface area contributed by atoms with E-state index in [0.717, 1.165) is 11.3 Å². The molecule has 0 bridgehead atoms. The highest BCUT2D eigenvalue weighted by atomic mass is 32.1. The van der Waals surface area contributed by atoms with Crippen LogP contribution in [0, 0.1) is 5.82 Å². The van der Waals surface area contributed by atoms with Crippen molar-refractivity contribution in [3.8, 4) is 22.0 Å². The van der Waals surface area contributed by atoms with Crippen molar-refractivity contribution in [2.45, 2.75) is 43.9 Å². The zero-order chi connectivity index (χ0) is 31.3. The second-order valence-electron chi connectivity index (χ2n) is 10.5. The molecule has 2 N–H and O–H groups in total. The van der Waals surface area contributed by atoms with Crippen molar-refractivity contribution >= 4 is 34.7 Å². The van der Waals surface area contributed by atoms with E-state index in [2.05, 4.69) is 40.8 Å². The molecule has 2 aromatic carbocycles. The summed E-state index contributed by atoms with van der Waals surface area (Å²) in [4.78, 5) is 31.1. The molecule has 15 heteroatoms. The number of benzene rings is 2. The van der Waals surface area contributed by atoms with Crippen molar-refractivity contribution in [2.75, 3.05) is 10.6 Å². The van der Waals surface area contributed by atoms with Crippen LogP contribution in [-0.2, 0) is 16.6 Å². The van der Waals surface area contributed by atoms with E-state index in [-0.39, 0.29) is 41.1 Å². The molecule has 4 heterocycles. The number of para-hydroxylation sites is 1. The first kappa shape index (κ1) is 28.7. The summed E-state index contributed by atoms with van der Waals surface area (Å²) in [5.41, 5.74) is -0.252. The molecule has 5 aromatic rings. The molecule has 10 nitrogen and oxygen atoms in total. The summed E-state index contributed by atoms with van der Waals surface area (Å²) in [6.45, 7) is 1.88. The van der Waals surface area contributed by atoms with E-state index in [1.165, 1.54) is 24.5 Å². The van der Waals surface area contributed by atoms with Crippen LogP contribution < -0.4 is 10.6 Å². The zero-order valence-electron chi connectivity index (χ0n) is 23.4. The van der Waals surface area contributed by atoms with Gasteiger partial charge in [0.2, 0.25) is 6.17 Å². The maximum atomic E-state index is 14.8. The number of amides is 1. The fourth-order valence-electron chi connectivity index (χ4n) is 4.98. The monoisotopic (exact) mass is 634 g/mol. The number of fused-ring (bicyclic) bond motifs is 1.